The van der Waals surface area contributed by atoms with Crippen molar-refractivity contribution in [1.82, 2.24) is 45.0 Å². The number of anilines is 6. The van der Waals surface area contributed by atoms with Crippen molar-refractivity contribution in [1.29, 1.82) is 0 Å². The quantitative estimate of drug-likeness (QED) is 0.00883. The molecule has 4 heterocycles. The molecule has 0 spiro atoms. The molecule has 1 aliphatic carbocycles. The lowest BCUT2D eigenvalue weighted by molar-refractivity contribution is -0.432. The first kappa shape index (κ1) is 78.8. The molecule has 0 saturated carbocycles. The number of carbonyl (C=O) groups is 1. The summed E-state index contributed by atoms with van der Waals surface area (Å²) in [6, 6.07) is 26.2. The van der Waals surface area contributed by atoms with Crippen LogP contribution in [0.2, 0.25) is 15.9 Å². The normalized spacial score (nSPS) is 14.9. The van der Waals surface area contributed by atoms with E-state index in [9.17, 15) is 35.8 Å². The van der Waals surface area contributed by atoms with Gasteiger partial charge in [0.15, 0.2) is 5.75 Å². The van der Waals surface area contributed by atoms with E-state index in [2.05, 4.69) is 93.9 Å². The molecule has 9 aromatic rings. The Balaban J connectivity index is 0.000000203. The molecule has 2 saturated heterocycles. The highest BCUT2D eigenvalue weighted by Crippen LogP contribution is 2.46. The van der Waals surface area contributed by atoms with Gasteiger partial charge in [-0.1, -0.05) is 51.5 Å². The van der Waals surface area contributed by atoms with Crippen LogP contribution in [-0.2, 0) is 48.4 Å². The number of aromatic nitrogens is 6. The van der Waals surface area contributed by atoms with Gasteiger partial charge in [-0.25, -0.2) is 15.8 Å². The van der Waals surface area contributed by atoms with Crippen LogP contribution >= 0.6 is 70.9 Å². The molecule has 2 aromatic heterocycles. The number of piperazine rings is 2. The Labute approximate surface area is 620 Å². The van der Waals surface area contributed by atoms with Crippen molar-refractivity contribution >= 4 is 187 Å². The summed E-state index contributed by atoms with van der Waals surface area (Å²) in [6.07, 6.45) is 1.59. The lowest BCUT2D eigenvalue weighted by Crippen LogP contribution is -2.48. The molecule has 104 heavy (non-hydrogen) atoms. The third-order valence-electron chi connectivity index (χ3n) is 16.1. The molecule has 35 nitrogen and oxygen atoms in total. The van der Waals surface area contributed by atoms with Gasteiger partial charge in [0.2, 0.25) is 39.5 Å². The third kappa shape index (κ3) is 19.2. The van der Waals surface area contributed by atoms with E-state index in [0.29, 0.717) is 111 Å². The van der Waals surface area contributed by atoms with Crippen LogP contribution in [0.15, 0.2) is 143 Å². The fourth-order valence-electron chi connectivity index (χ4n) is 11.1. The topological polar surface area (TPSA) is 469 Å². The molecule has 7 aromatic carbocycles. The lowest BCUT2D eigenvalue weighted by Gasteiger charge is -2.34. The fourth-order valence-corrected chi connectivity index (χ4v) is 14.6. The van der Waals surface area contributed by atoms with Gasteiger partial charge in [-0.2, -0.15) is 57.0 Å². The number of nitrogens with one attached hydrogen (secondary N) is 2. The zero-order chi connectivity index (χ0) is 74.4. The van der Waals surface area contributed by atoms with Crippen LogP contribution in [0.4, 0.5) is 46.3 Å². The second kappa shape index (κ2) is 36.0. The number of nitrogens with two attached hydrogens (primary N) is 2. The summed E-state index contributed by atoms with van der Waals surface area (Å²) in [5.74, 6) is 0.119. The average Bonchev–Trinajstić information content (AvgIpc) is 0.784. The van der Waals surface area contributed by atoms with Crippen LogP contribution in [0.3, 0.4) is 0 Å². The maximum Gasteiger partial charge on any atom is 0.295 e. The second-order valence-corrected chi connectivity index (χ2v) is 28.3. The zero-order valence-corrected chi connectivity index (χ0v) is 61.0. The molecule has 0 radical (unpaired) electrons. The number of phenolic OH excluding ortho intramolecular Hbond substituents is 1. The van der Waals surface area contributed by atoms with Crippen molar-refractivity contribution in [3.8, 4) is 5.75 Å². The highest BCUT2D eigenvalue weighted by Gasteiger charge is 2.30. The molecular weight excluding hydrogens is 1520 g/mol. The number of halogens is 3. The number of hydrazone groups is 1. The Bertz CT molecular complexity index is 4960. The van der Waals surface area contributed by atoms with Gasteiger partial charge in [0.05, 0.1) is 62.2 Å². The smallest absolute Gasteiger partial charge is 0.295 e. The van der Waals surface area contributed by atoms with E-state index in [4.69, 9.17) is 62.0 Å². The third-order valence-corrected chi connectivity index (χ3v) is 20.4. The van der Waals surface area contributed by atoms with E-state index in [-0.39, 0.29) is 91.4 Å². The number of ketones is 1. The number of aryl methyl sites for hydroxylation is 1. The predicted octanol–water partition coefficient (Wildman–Crippen LogP) is 10.5. The monoisotopic (exact) mass is 1580 g/mol. The Morgan fingerprint density at radius 1 is 0.635 bits per heavy atom. The van der Waals surface area contributed by atoms with Crippen LogP contribution in [0.25, 0.3) is 38.4 Å². The number of azo groups is 1. The molecule has 43 heteroatoms. The van der Waals surface area contributed by atoms with Gasteiger partial charge in [-0.15, -0.1) is 18.1 Å². The van der Waals surface area contributed by atoms with Crippen molar-refractivity contribution in [2.24, 2.45) is 26.8 Å². The van der Waals surface area contributed by atoms with E-state index >= 15 is 0 Å². The summed E-state index contributed by atoms with van der Waals surface area (Å²) in [5, 5.41) is 67.1. The molecule has 0 amide bonds. The SMILES string of the molecule is CN(c1ccc2c(c1)C=C(SOOO)/C(=N/Nc1ccc3c(S(=O)(=O)O)cccc3c1SOOO)C2=O)c1nc(Cl)nc(N2CCN(CCN)CC2)n1.Cc1c(N=Nc2c(SOOO)cc3cc(N(C)c4nc(Cl)nc(Cl)n4)ccc3c2O)ccc2c(S(=O)(=O)O)cccc12.NCCN1CCNCC1. The number of hydrogen-bond donors (Lipinski definition) is 10. The van der Waals surface area contributed by atoms with Crippen LogP contribution in [0.1, 0.15) is 21.5 Å². The minimum Gasteiger partial charge on any atom is -0.505 e. The standard InChI is InChI=1S/C30H30ClN9O10S3.C25H18Cl2N6O7S2.C6H15N3/c1-38(29-33-28(31)34-30(35-29)40-13-11-39(10-9-32)12-14-40)18-5-6-19-17(15-18)16-23(51-49-47-42)25(26(19)41)37-36-22-8-7-20-21(27(22)52-50-48-43)3-2-4-24(20)53(44,45)46;1-12-15-4-3-5-20(42(36,37)38)17(15)8-9-18(12)31-32-21-19(41-40-39-35)11-13-10-14(6-7-16(13)22(21)34)33(2)25-29-23(26)28-24(27)30-25;7-1-4-9-5-2-8-3-6-9/h2-8,15-16,36,42-43H,9-14,32H2,1H3,(H,44,45,46);3-11,34-35H,1-2H3,(H,36,37,38);8H,1-7H2/b37-25-;;. The molecule has 12 rings (SSSR count). The average molecular weight is 1590 g/mol. The van der Waals surface area contributed by atoms with E-state index < -0.39 is 26.0 Å². The van der Waals surface area contributed by atoms with Crippen molar-refractivity contribution in [2.75, 3.05) is 113 Å². The van der Waals surface area contributed by atoms with Crippen LogP contribution < -0.4 is 36.9 Å². The predicted molar refractivity (Wildman–Crippen MR) is 392 cm³/mol. The van der Waals surface area contributed by atoms with Crippen LogP contribution in [0, 0.1) is 6.92 Å². The molecule has 0 unspecified atom stereocenters. The molecule has 12 N–H and O–H groups in total. The van der Waals surface area contributed by atoms with Gasteiger partial charge in [0, 0.05) is 131 Å². The van der Waals surface area contributed by atoms with Gasteiger partial charge < -0.3 is 36.6 Å². The van der Waals surface area contributed by atoms with Gasteiger partial charge in [-0.05, 0) is 136 Å². The summed E-state index contributed by atoms with van der Waals surface area (Å²) in [7, 11) is -5.62. The molecule has 0 atom stereocenters. The van der Waals surface area contributed by atoms with Crippen molar-refractivity contribution in [3.05, 3.63) is 141 Å². The Morgan fingerprint density at radius 2 is 1.19 bits per heavy atom. The van der Waals surface area contributed by atoms with E-state index in [1.165, 1.54) is 54.6 Å². The van der Waals surface area contributed by atoms with Gasteiger partial charge in [0.25, 0.3) is 20.2 Å². The van der Waals surface area contributed by atoms with Gasteiger partial charge in [-0.3, -0.25) is 29.1 Å². The highest BCUT2D eigenvalue weighted by atomic mass is 35.5. The molecular formula is C61H63Cl3N18O17S5. The summed E-state index contributed by atoms with van der Waals surface area (Å²) >= 11 is 19.7. The Hall–Kier alpha value is -7.80. The number of fused-ring (bicyclic) bond motifs is 4. The molecule has 2 fully saturated rings. The molecule has 2 aliphatic heterocycles. The van der Waals surface area contributed by atoms with Crippen molar-refractivity contribution in [2.45, 2.75) is 26.5 Å². The summed E-state index contributed by atoms with van der Waals surface area (Å²) in [6.45, 7) is 12.5. The first-order chi connectivity index (χ1) is 49.9. The first-order valence-corrected chi connectivity index (χ1v) is 36.9. The number of aromatic hydroxyl groups is 1. The number of allylic oxidation sites excluding steroid dienone is 1. The van der Waals surface area contributed by atoms with E-state index in [1.807, 2.05) is 4.90 Å². The fraction of sp³-hybridized carbons (Fsp3) is 0.246. The zero-order valence-electron chi connectivity index (χ0n) is 54.6. The summed E-state index contributed by atoms with van der Waals surface area (Å²) < 4.78 is 80.9. The second-order valence-electron chi connectivity index (χ2n) is 22.3. The summed E-state index contributed by atoms with van der Waals surface area (Å²) in [4.78, 5) is 49.0. The Morgan fingerprint density at radius 3 is 1.83 bits per heavy atom. The number of Topliss-reactive ketones (excluding diaryl/α,β-unsaturated/α-hetero) is 1. The van der Waals surface area contributed by atoms with Crippen LogP contribution in [0.5, 0.6) is 5.75 Å². The van der Waals surface area contributed by atoms with E-state index in [0.717, 1.165) is 58.9 Å². The maximum atomic E-state index is 13.9. The molecule has 550 valence electrons. The van der Waals surface area contributed by atoms with Crippen molar-refractivity contribution < 1.29 is 79.7 Å². The first-order valence-electron chi connectivity index (χ1n) is 30.6. The number of carbonyl (C=O) groups excluding carboxylic acids is 1. The van der Waals surface area contributed by atoms with Crippen LogP contribution in [-0.4, -0.2) is 191 Å². The number of hydrogen-bond acceptors (Lipinski definition) is 36. The van der Waals surface area contributed by atoms with E-state index in [1.54, 1.807) is 85.4 Å². The lowest BCUT2D eigenvalue weighted by atomic mass is 9.94. The number of nitrogens with zero attached hydrogens (tertiary/aromatic N) is 14. The van der Waals surface area contributed by atoms with Gasteiger partial charge in [0.1, 0.15) is 21.2 Å². The van der Waals surface area contributed by atoms with Gasteiger partial charge >= 0.3 is 0 Å². The Kier molecular flexibility index (Phi) is 27.3. The molecule has 3 aliphatic rings. The molecule has 0 bridgehead atoms. The maximum absolute atomic E-state index is 13.9. The van der Waals surface area contributed by atoms with Crippen molar-refractivity contribution in [3.63, 3.8) is 0 Å². The number of phenols is 1. The largest absolute Gasteiger partial charge is 0.505 e. The summed E-state index contributed by atoms with van der Waals surface area (Å²) in [5.41, 5.74) is 16.8. The number of benzene rings is 7. The minimum absolute atomic E-state index is 0.00729. The highest BCUT2D eigenvalue weighted by molar-refractivity contribution is 7.99. The minimum atomic E-state index is -4.60. The number of rotatable bonds is 24.